The molecule has 0 aliphatic carbocycles. The molecule has 9 heteroatoms. The van der Waals surface area contributed by atoms with Gasteiger partial charge in [0.1, 0.15) is 5.75 Å². The summed E-state index contributed by atoms with van der Waals surface area (Å²) in [4.78, 5) is 12.5. The van der Waals surface area contributed by atoms with Gasteiger partial charge in [0.15, 0.2) is 17.6 Å². The molecule has 1 amide bonds. The number of rotatable bonds is 11. The normalized spacial score (nSPS) is 12.0. The maximum atomic E-state index is 12.5. The molecule has 0 radical (unpaired) electrons. The van der Waals surface area contributed by atoms with E-state index in [0.717, 1.165) is 11.8 Å². The molecule has 0 saturated heterocycles. The third kappa shape index (κ3) is 6.78. The van der Waals surface area contributed by atoms with Crippen molar-refractivity contribution in [3.63, 3.8) is 0 Å². The molecule has 2 aromatic carbocycles. The summed E-state index contributed by atoms with van der Waals surface area (Å²) in [6.45, 7) is 2.32. The van der Waals surface area contributed by atoms with E-state index in [2.05, 4.69) is 5.32 Å². The van der Waals surface area contributed by atoms with E-state index in [4.69, 9.17) is 14.2 Å². The second kappa shape index (κ2) is 10.9. The molecule has 0 aliphatic rings. The standard InChI is InChI=1S/C22H30N2O6S/c1-6-19(30-18-10-8-17(9-11-18)24(2)31(5,26)27)22(25)23-14-13-16-7-12-20(28-3)21(15-16)29-4/h7-12,15,19H,6,13-14H2,1-5H3,(H,23,25)/t19-/m1/s1. The first-order valence-corrected chi connectivity index (χ1v) is 11.7. The van der Waals surface area contributed by atoms with Crippen molar-refractivity contribution in [1.82, 2.24) is 5.32 Å². The van der Waals surface area contributed by atoms with Crippen LogP contribution in [0.4, 0.5) is 5.69 Å². The quantitative estimate of drug-likeness (QED) is 0.566. The number of amides is 1. The average molecular weight is 451 g/mol. The molecular weight excluding hydrogens is 420 g/mol. The molecule has 0 aromatic heterocycles. The van der Waals surface area contributed by atoms with Gasteiger partial charge < -0.3 is 19.5 Å². The fraction of sp³-hybridized carbons (Fsp3) is 0.409. The van der Waals surface area contributed by atoms with Gasteiger partial charge in [0.05, 0.1) is 26.2 Å². The Hall–Kier alpha value is -2.94. The van der Waals surface area contributed by atoms with Crippen LogP contribution >= 0.6 is 0 Å². The lowest BCUT2D eigenvalue weighted by Gasteiger charge is -2.19. The minimum atomic E-state index is -3.34. The van der Waals surface area contributed by atoms with E-state index in [0.29, 0.717) is 42.3 Å². The van der Waals surface area contributed by atoms with Crippen molar-refractivity contribution < 1.29 is 27.4 Å². The van der Waals surface area contributed by atoms with Crippen LogP contribution in [0.25, 0.3) is 0 Å². The molecule has 0 fully saturated rings. The summed E-state index contributed by atoms with van der Waals surface area (Å²) >= 11 is 0. The number of carbonyl (C=O) groups excluding carboxylic acids is 1. The number of sulfonamides is 1. The van der Waals surface area contributed by atoms with Crippen molar-refractivity contribution in [2.24, 2.45) is 0 Å². The van der Waals surface area contributed by atoms with Gasteiger partial charge in [0.25, 0.3) is 5.91 Å². The van der Waals surface area contributed by atoms with Crippen molar-refractivity contribution in [3.8, 4) is 17.2 Å². The van der Waals surface area contributed by atoms with E-state index in [1.165, 1.54) is 11.4 Å². The van der Waals surface area contributed by atoms with Crippen LogP contribution in [0.2, 0.25) is 0 Å². The monoisotopic (exact) mass is 450 g/mol. The summed E-state index contributed by atoms with van der Waals surface area (Å²) in [5.74, 6) is 1.59. The minimum absolute atomic E-state index is 0.208. The zero-order valence-electron chi connectivity index (χ0n) is 18.5. The highest BCUT2D eigenvalue weighted by molar-refractivity contribution is 7.92. The van der Waals surface area contributed by atoms with Crippen LogP contribution in [0, 0.1) is 0 Å². The van der Waals surface area contributed by atoms with Crippen LogP contribution in [0.1, 0.15) is 18.9 Å². The van der Waals surface area contributed by atoms with Crippen molar-refractivity contribution in [3.05, 3.63) is 48.0 Å². The van der Waals surface area contributed by atoms with E-state index in [9.17, 15) is 13.2 Å². The first-order valence-electron chi connectivity index (χ1n) is 9.88. The van der Waals surface area contributed by atoms with Crippen molar-refractivity contribution >= 4 is 21.6 Å². The number of methoxy groups -OCH3 is 2. The van der Waals surface area contributed by atoms with E-state index < -0.39 is 16.1 Å². The number of nitrogens with zero attached hydrogens (tertiary/aromatic N) is 1. The molecule has 2 rings (SSSR count). The lowest BCUT2D eigenvalue weighted by atomic mass is 10.1. The van der Waals surface area contributed by atoms with Gasteiger partial charge in [-0.05, 0) is 54.8 Å². The number of anilines is 1. The molecule has 8 nitrogen and oxygen atoms in total. The minimum Gasteiger partial charge on any atom is -0.493 e. The van der Waals surface area contributed by atoms with E-state index in [1.807, 2.05) is 25.1 Å². The van der Waals surface area contributed by atoms with Crippen molar-refractivity contribution in [2.75, 3.05) is 38.4 Å². The van der Waals surface area contributed by atoms with Gasteiger partial charge in [-0.1, -0.05) is 13.0 Å². The molecule has 31 heavy (non-hydrogen) atoms. The Bertz CT molecular complexity index is 976. The Kier molecular flexibility index (Phi) is 8.56. The van der Waals surface area contributed by atoms with Crippen LogP contribution in [-0.2, 0) is 21.2 Å². The van der Waals surface area contributed by atoms with Gasteiger partial charge in [0, 0.05) is 13.6 Å². The smallest absolute Gasteiger partial charge is 0.261 e. The van der Waals surface area contributed by atoms with Crippen LogP contribution < -0.4 is 23.8 Å². The molecular formula is C22H30N2O6S. The summed E-state index contributed by atoms with van der Waals surface area (Å²) < 4.78 is 40.8. The first-order chi connectivity index (χ1) is 14.7. The Morgan fingerprint density at radius 1 is 1.06 bits per heavy atom. The van der Waals surface area contributed by atoms with Crippen LogP contribution in [0.15, 0.2) is 42.5 Å². The SMILES string of the molecule is CC[C@@H](Oc1ccc(N(C)S(C)(=O)=O)cc1)C(=O)NCCc1ccc(OC)c(OC)c1. The molecule has 0 heterocycles. The van der Waals surface area contributed by atoms with Gasteiger partial charge in [-0.2, -0.15) is 0 Å². The topological polar surface area (TPSA) is 94.2 Å². The molecule has 0 saturated carbocycles. The van der Waals surface area contributed by atoms with Crippen molar-refractivity contribution in [1.29, 1.82) is 0 Å². The second-order valence-electron chi connectivity index (χ2n) is 6.97. The number of nitrogens with one attached hydrogen (secondary N) is 1. The Morgan fingerprint density at radius 2 is 1.71 bits per heavy atom. The summed E-state index contributed by atoms with van der Waals surface area (Å²) in [6, 6.07) is 12.2. The Labute approximate surface area is 184 Å². The fourth-order valence-corrected chi connectivity index (χ4v) is 3.40. The van der Waals surface area contributed by atoms with Gasteiger partial charge in [-0.15, -0.1) is 0 Å². The average Bonchev–Trinajstić information content (AvgIpc) is 2.76. The Morgan fingerprint density at radius 3 is 2.26 bits per heavy atom. The molecule has 1 atom stereocenters. The first kappa shape index (κ1) is 24.3. The molecule has 0 aliphatic heterocycles. The lowest BCUT2D eigenvalue weighted by Crippen LogP contribution is -2.38. The van der Waals surface area contributed by atoms with E-state index in [-0.39, 0.29) is 5.91 Å². The fourth-order valence-electron chi connectivity index (χ4n) is 2.89. The van der Waals surface area contributed by atoms with Crippen LogP contribution in [0.3, 0.4) is 0 Å². The maximum Gasteiger partial charge on any atom is 0.261 e. The predicted molar refractivity (Wildman–Crippen MR) is 121 cm³/mol. The summed E-state index contributed by atoms with van der Waals surface area (Å²) in [5, 5.41) is 2.89. The highest BCUT2D eigenvalue weighted by Crippen LogP contribution is 2.27. The summed E-state index contributed by atoms with van der Waals surface area (Å²) in [7, 11) is 1.31. The van der Waals surface area contributed by atoms with Crippen LogP contribution in [0.5, 0.6) is 17.2 Å². The number of hydrogen-bond acceptors (Lipinski definition) is 6. The number of carbonyl (C=O) groups is 1. The number of hydrogen-bond donors (Lipinski definition) is 1. The summed E-state index contributed by atoms with van der Waals surface area (Å²) in [6.07, 6.45) is 1.61. The highest BCUT2D eigenvalue weighted by atomic mass is 32.2. The van der Waals surface area contributed by atoms with E-state index >= 15 is 0 Å². The molecule has 0 spiro atoms. The summed E-state index contributed by atoms with van der Waals surface area (Å²) in [5.41, 5.74) is 1.53. The zero-order valence-corrected chi connectivity index (χ0v) is 19.4. The number of benzene rings is 2. The lowest BCUT2D eigenvalue weighted by molar-refractivity contribution is -0.128. The maximum absolute atomic E-state index is 12.5. The van der Waals surface area contributed by atoms with Gasteiger partial charge in [0.2, 0.25) is 10.0 Å². The number of ether oxygens (including phenoxy) is 3. The third-order valence-corrected chi connectivity index (χ3v) is 6.01. The van der Waals surface area contributed by atoms with Gasteiger partial charge in [-0.3, -0.25) is 9.10 Å². The Balaban J connectivity index is 1.92. The van der Waals surface area contributed by atoms with Crippen molar-refractivity contribution in [2.45, 2.75) is 25.9 Å². The third-order valence-electron chi connectivity index (χ3n) is 4.80. The molecule has 1 N–H and O–H groups in total. The zero-order chi connectivity index (χ0) is 23.0. The second-order valence-corrected chi connectivity index (χ2v) is 8.98. The highest BCUT2D eigenvalue weighted by Gasteiger charge is 2.18. The largest absolute Gasteiger partial charge is 0.493 e. The predicted octanol–water partition coefficient (Wildman–Crippen LogP) is 2.62. The van der Waals surface area contributed by atoms with Crippen LogP contribution in [-0.4, -0.2) is 54.5 Å². The molecule has 0 bridgehead atoms. The molecule has 170 valence electrons. The van der Waals surface area contributed by atoms with E-state index in [1.54, 1.807) is 38.5 Å². The molecule has 2 aromatic rings. The molecule has 0 unspecified atom stereocenters. The van der Waals surface area contributed by atoms with Gasteiger partial charge >= 0.3 is 0 Å². The van der Waals surface area contributed by atoms with Gasteiger partial charge in [-0.25, -0.2) is 8.42 Å².